The SMILES string of the molecule is CNCc1c(F)cccc1N1CCCN(C(C)=O)CC1. The maximum absolute atomic E-state index is 14.0. The highest BCUT2D eigenvalue weighted by Crippen LogP contribution is 2.24. The van der Waals surface area contributed by atoms with Gasteiger partial charge in [-0.3, -0.25) is 4.79 Å². The van der Waals surface area contributed by atoms with Gasteiger partial charge >= 0.3 is 0 Å². The van der Waals surface area contributed by atoms with Gasteiger partial charge in [0.25, 0.3) is 0 Å². The molecule has 4 nitrogen and oxygen atoms in total. The van der Waals surface area contributed by atoms with Crippen LogP contribution in [0.2, 0.25) is 0 Å². The van der Waals surface area contributed by atoms with Crippen molar-refractivity contribution >= 4 is 11.6 Å². The monoisotopic (exact) mass is 279 g/mol. The van der Waals surface area contributed by atoms with Crippen molar-refractivity contribution in [2.24, 2.45) is 0 Å². The fourth-order valence-corrected chi connectivity index (χ4v) is 2.67. The van der Waals surface area contributed by atoms with E-state index in [9.17, 15) is 9.18 Å². The molecule has 1 fully saturated rings. The van der Waals surface area contributed by atoms with Gasteiger partial charge in [-0.1, -0.05) is 6.07 Å². The molecule has 1 aliphatic rings. The lowest BCUT2D eigenvalue weighted by Crippen LogP contribution is -2.34. The lowest BCUT2D eigenvalue weighted by Gasteiger charge is -2.26. The number of nitrogens with one attached hydrogen (secondary N) is 1. The van der Waals surface area contributed by atoms with E-state index in [2.05, 4.69) is 10.2 Å². The summed E-state index contributed by atoms with van der Waals surface area (Å²) in [6.07, 6.45) is 0.912. The lowest BCUT2D eigenvalue weighted by atomic mass is 10.1. The molecular formula is C15H22FN3O. The zero-order chi connectivity index (χ0) is 14.5. The first-order valence-electron chi connectivity index (χ1n) is 7.06. The van der Waals surface area contributed by atoms with Gasteiger partial charge in [-0.2, -0.15) is 0 Å². The Morgan fingerprint density at radius 1 is 1.30 bits per heavy atom. The van der Waals surface area contributed by atoms with Gasteiger partial charge in [0.05, 0.1) is 0 Å². The number of nitrogens with zero attached hydrogens (tertiary/aromatic N) is 2. The fourth-order valence-electron chi connectivity index (χ4n) is 2.67. The molecule has 0 bridgehead atoms. The van der Waals surface area contributed by atoms with Crippen LogP contribution in [0.25, 0.3) is 0 Å². The topological polar surface area (TPSA) is 35.6 Å². The Labute approximate surface area is 119 Å². The number of anilines is 1. The maximum Gasteiger partial charge on any atom is 0.219 e. The predicted molar refractivity (Wildman–Crippen MR) is 78.2 cm³/mol. The van der Waals surface area contributed by atoms with Crippen LogP contribution in [-0.4, -0.2) is 44.0 Å². The van der Waals surface area contributed by atoms with Crippen molar-refractivity contribution in [3.8, 4) is 0 Å². The summed E-state index contributed by atoms with van der Waals surface area (Å²) in [5.41, 5.74) is 1.64. The van der Waals surface area contributed by atoms with E-state index in [1.807, 2.05) is 18.0 Å². The van der Waals surface area contributed by atoms with Gasteiger partial charge in [-0.05, 0) is 25.6 Å². The summed E-state index contributed by atoms with van der Waals surface area (Å²) >= 11 is 0. The van der Waals surface area contributed by atoms with Gasteiger partial charge in [0, 0.05) is 50.9 Å². The number of hydrogen-bond acceptors (Lipinski definition) is 3. The van der Waals surface area contributed by atoms with Gasteiger partial charge in [-0.15, -0.1) is 0 Å². The molecule has 1 heterocycles. The standard InChI is InChI=1S/C15H22FN3O/c1-12(20)18-7-4-8-19(10-9-18)15-6-3-5-14(16)13(15)11-17-2/h3,5-6,17H,4,7-11H2,1-2H3. The zero-order valence-electron chi connectivity index (χ0n) is 12.2. The molecule has 0 spiro atoms. The molecule has 0 aromatic heterocycles. The first-order chi connectivity index (χ1) is 9.63. The molecule has 1 aromatic rings. The summed E-state index contributed by atoms with van der Waals surface area (Å²) < 4.78 is 14.0. The molecule has 0 radical (unpaired) electrons. The number of carbonyl (C=O) groups excluding carboxylic acids is 1. The highest BCUT2D eigenvalue weighted by molar-refractivity contribution is 5.73. The van der Waals surface area contributed by atoms with E-state index in [1.54, 1.807) is 13.0 Å². The van der Waals surface area contributed by atoms with Crippen LogP contribution in [0.15, 0.2) is 18.2 Å². The Hall–Kier alpha value is -1.62. The highest BCUT2D eigenvalue weighted by atomic mass is 19.1. The summed E-state index contributed by atoms with van der Waals surface area (Å²) in [6.45, 7) is 5.19. The van der Waals surface area contributed by atoms with E-state index in [1.165, 1.54) is 6.07 Å². The van der Waals surface area contributed by atoms with Crippen molar-refractivity contribution in [1.29, 1.82) is 0 Å². The van der Waals surface area contributed by atoms with Crippen molar-refractivity contribution in [1.82, 2.24) is 10.2 Å². The second-order valence-electron chi connectivity index (χ2n) is 5.11. The van der Waals surface area contributed by atoms with E-state index >= 15 is 0 Å². The van der Waals surface area contributed by atoms with Crippen LogP contribution in [-0.2, 0) is 11.3 Å². The predicted octanol–water partition coefficient (Wildman–Crippen LogP) is 1.60. The molecule has 0 saturated carbocycles. The van der Waals surface area contributed by atoms with Crippen molar-refractivity contribution in [2.75, 3.05) is 38.1 Å². The lowest BCUT2D eigenvalue weighted by molar-refractivity contribution is -0.128. The third-order valence-corrected chi connectivity index (χ3v) is 3.73. The van der Waals surface area contributed by atoms with Gasteiger partial charge in [0.15, 0.2) is 0 Å². The van der Waals surface area contributed by atoms with Gasteiger partial charge < -0.3 is 15.1 Å². The Bertz CT molecular complexity index is 478. The van der Waals surface area contributed by atoms with Crippen LogP contribution in [0.4, 0.5) is 10.1 Å². The molecule has 1 aliphatic heterocycles. The minimum atomic E-state index is -0.176. The fraction of sp³-hybridized carbons (Fsp3) is 0.533. The number of amides is 1. The van der Waals surface area contributed by atoms with Crippen molar-refractivity contribution in [3.63, 3.8) is 0 Å². The van der Waals surface area contributed by atoms with Crippen molar-refractivity contribution in [3.05, 3.63) is 29.6 Å². The Kier molecular flexibility index (Phi) is 4.95. The number of rotatable bonds is 3. The summed E-state index contributed by atoms with van der Waals surface area (Å²) in [7, 11) is 1.82. The molecule has 0 unspecified atom stereocenters. The van der Waals surface area contributed by atoms with Gasteiger partial charge in [0.2, 0.25) is 5.91 Å². The van der Waals surface area contributed by atoms with Crippen LogP contribution in [0.5, 0.6) is 0 Å². The molecule has 1 aromatic carbocycles. The first kappa shape index (κ1) is 14.8. The van der Waals surface area contributed by atoms with Gasteiger partial charge in [0.1, 0.15) is 5.82 Å². The number of benzene rings is 1. The number of hydrogen-bond donors (Lipinski definition) is 1. The van der Waals surface area contributed by atoms with Crippen LogP contribution in [0, 0.1) is 5.82 Å². The number of halogens is 1. The minimum absolute atomic E-state index is 0.113. The average molecular weight is 279 g/mol. The average Bonchev–Trinajstić information content (AvgIpc) is 2.67. The quantitative estimate of drug-likeness (QED) is 0.913. The molecule has 2 rings (SSSR count). The zero-order valence-corrected chi connectivity index (χ0v) is 12.2. The Morgan fingerprint density at radius 2 is 2.10 bits per heavy atom. The van der Waals surface area contributed by atoms with E-state index in [-0.39, 0.29) is 11.7 Å². The smallest absolute Gasteiger partial charge is 0.219 e. The summed E-state index contributed by atoms with van der Waals surface area (Å²) in [4.78, 5) is 15.5. The Morgan fingerprint density at radius 3 is 2.80 bits per heavy atom. The van der Waals surface area contributed by atoms with Crippen LogP contribution >= 0.6 is 0 Å². The molecule has 1 N–H and O–H groups in total. The molecule has 1 saturated heterocycles. The second kappa shape index (κ2) is 6.70. The molecule has 0 atom stereocenters. The molecule has 5 heteroatoms. The highest BCUT2D eigenvalue weighted by Gasteiger charge is 2.19. The molecule has 1 amide bonds. The first-order valence-corrected chi connectivity index (χ1v) is 7.06. The third kappa shape index (κ3) is 3.28. The van der Waals surface area contributed by atoms with E-state index in [0.717, 1.165) is 31.7 Å². The summed E-state index contributed by atoms with van der Waals surface area (Å²) in [5.74, 6) is -0.0638. The summed E-state index contributed by atoms with van der Waals surface area (Å²) in [5, 5.41) is 3.02. The maximum atomic E-state index is 14.0. The molecule has 20 heavy (non-hydrogen) atoms. The van der Waals surface area contributed by atoms with Crippen molar-refractivity contribution in [2.45, 2.75) is 19.9 Å². The molecular weight excluding hydrogens is 257 g/mol. The van der Waals surface area contributed by atoms with E-state index < -0.39 is 0 Å². The Balaban J connectivity index is 2.19. The second-order valence-corrected chi connectivity index (χ2v) is 5.11. The minimum Gasteiger partial charge on any atom is -0.369 e. The van der Waals surface area contributed by atoms with E-state index in [4.69, 9.17) is 0 Å². The third-order valence-electron chi connectivity index (χ3n) is 3.73. The van der Waals surface area contributed by atoms with Crippen LogP contribution in [0.3, 0.4) is 0 Å². The largest absolute Gasteiger partial charge is 0.369 e. The number of carbonyl (C=O) groups is 1. The van der Waals surface area contributed by atoms with Gasteiger partial charge in [-0.25, -0.2) is 4.39 Å². The summed E-state index contributed by atoms with van der Waals surface area (Å²) in [6, 6.07) is 5.20. The van der Waals surface area contributed by atoms with Crippen molar-refractivity contribution < 1.29 is 9.18 Å². The normalized spacial score (nSPS) is 16.1. The van der Waals surface area contributed by atoms with E-state index in [0.29, 0.717) is 18.7 Å². The molecule has 110 valence electrons. The van der Waals surface area contributed by atoms with Crippen LogP contribution in [0.1, 0.15) is 18.9 Å². The van der Waals surface area contributed by atoms with Crippen LogP contribution < -0.4 is 10.2 Å². The molecule has 0 aliphatic carbocycles.